The largest absolute Gasteiger partial charge is 0.478 e. The number of aromatic carboxylic acids is 1. The first kappa shape index (κ1) is 15.4. The van der Waals surface area contributed by atoms with Gasteiger partial charge in [-0.25, -0.2) is 4.79 Å². The standard InChI is InChI=1S/C16H22N2O3/c1-16(2)7-6-13(19)18(9-8-16)10-11-4-3-5-12(17)14(11)15(20)21/h3-5H,6-10,17H2,1-2H3,(H,20,21). The van der Waals surface area contributed by atoms with Gasteiger partial charge in [-0.15, -0.1) is 0 Å². The van der Waals surface area contributed by atoms with Crippen molar-refractivity contribution in [2.45, 2.75) is 39.7 Å². The lowest BCUT2D eigenvalue weighted by atomic mass is 9.85. The maximum absolute atomic E-state index is 12.2. The molecule has 0 unspecified atom stereocenters. The van der Waals surface area contributed by atoms with E-state index >= 15 is 0 Å². The van der Waals surface area contributed by atoms with Crippen molar-refractivity contribution in [3.63, 3.8) is 0 Å². The summed E-state index contributed by atoms with van der Waals surface area (Å²) in [6, 6.07) is 5.02. The van der Waals surface area contributed by atoms with Crippen LogP contribution in [0.3, 0.4) is 0 Å². The number of likely N-dealkylation sites (tertiary alicyclic amines) is 1. The van der Waals surface area contributed by atoms with Crippen molar-refractivity contribution in [3.8, 4) is 0 Å². The highest BCUT2D eigenvalue weighted by Gasteiger charge is 2.28. The number of nitrogens with two attached hydrogens (primary N) is 1. The Kier molecular flexibility index (Phi) is 4.21. The maximum atomic E-state index is 12.2. The van der Waals surface area contributed by atoms with Gasteiger partial charge in [0.1, 0.15) is 0 Å². The molecule has 0 saturated carbocycles. The van der Waals surface area contributed by atoms with E-state index in [-0.39, 0.29) is 22.6 Å². The summed E-state index contributed by atoms with van der Waals surface area (Å²) in [6.45, 7) is 5.28. The van der Waals surface area contributed by atoms with E-state index in [1.165, 1.54) is 0 Å². The van der Waals surface area contributed by atoms with Gasteiger partial charge in [0.15, 0.2) is 0 Å². The van der Waals surface area contributed by atoms with E-state index in [0.29, 0.717) is 25.1 Å². The zero-order valence-electron chi connectivity index (χ0n) is 12.6. The van der Waals surface area contributed by atoms with Gasteiger partial charge >= 0.3 is 5.97 Å². The van der Waals surface area contributed by atoms with Crippen LogP contribution in [0.5, 0.6) is 0 Å². The number of carboxylic acid groups (broad SMARTS) is 1. The van der Waals surface area contributed by atoms with Gasteiger partial charge in [0.2, 0.25) is 5.91 Å². The van der Waals surface area contributed by atoms with Gasteiger partial charge in [-0.3, -0.25) is 4.79 Å². The Labute approximate surface area is 124 Å². The number of nitrogens with zero attached hydrogens (tertiary/aromatic N) is 1. The molecule has 5 nitrogen and oxygen atoms in total. The number of amides is 1. The fraction of sp³-hybridized carbons (Fsp3) is 0.500. The number of benzene rings is 1. The molecule has 1 heterocycles. The van der Waals surface area contributed by atoms with Crippen molar-refractivity contribution >= 4 is 17.6 Å². The second-order valence-electron chi connectivity index (χ2n) is 6.42. The van der Waals surface area contributed by atoms with E-state index in [2.05, 4.69) is 13.8 Å². The van der Waals surface area contributed by atoms with Crippen molar-refractivity contribution in [1.82, 2.24) is 4.90 Å². The molecule has 3 N–H and O–H groups in total. The number of hydrogen-bond acceptors (Lipinski definition) is 3. The highest BCUT2D eigenvalue weighted by atomic mass is 16.4. The molecule has 5 heteroatoms. The Morgan fingerprint density at radius 1 is 1.38 bits per heavy atom. The van der Waals surface area contributed by atoms with Gasteiger partial charge in [-0.2, -0.15) is 0 Å². The van der Waals surface area contributed by atoms with E-state index in [4.69, 9.17) is 5.73 Å². The summed E-state index contributed by atoms with van der Waals surface area (Å²) in [7, 11) is 0. The van der Waals surface area contributed by atoms with Crippen LogP contribution in [-0.4, -0.2) is 28.4 Å². The Bertz CT molecular complexity index is 567. The molecule has 0 bridgehead atoms. The zero-order chi connectivity index (χ0) is 15.6. The molecular weight excluding hydrogens is 268 g/mol. The van der Waals surface area contributed by atoms with Gasteiger partial charge in [0, 0.05) is 25.2 Å². The second kappa shape index (κ2) is 5.76. The van der Waals surface area contributed by atoms with Crippen LogP contribution in [0.15, 0.2) is 18.2 Å². The van der Waals surface area contributed by atoms with Crippen LogP contribution in [0.25, 0.3) is 0 Å². The lowest BCUT2D eigenvalue weighted by Gasteiger charge is -2.24. The van der Waals surface area contributed by atoms with Gasteiger partial charge in [-0.1, -0.05) is 26.0 Å². The molecule has 0 radical (unpaired) electrons. The predicted molar refractivity (Wildman–Crippen MR) is 80.9 cm³/mol. The molecule has 1 amide bonds. The van der Waals surface area contributed by atoms with Gasteiger partial charge in [0.25, 0.3) is 0 Å². The molecule has 1 saturated heterocycles. The number of carbonyl (C=O) groups excluding carboxylic acids is 1. The summed E-state index contributed by atoms with van der Waals surface area (Å²) in [5.74, 6) is -0.968. The minimum atomic E-state index is -1.05. The molecule has 0 atom stereocenters. The minimum absolute atomic E-state index is 0.0827. The number of nitrogen functional groups attached to an aromatic ring is 1. The van der Waals surface area contributed by atoms with Crippen molar-refractivity contribution in [1.29, 1.82) is 0 Å². The smallest absolute Gasteiger partial charge is 0.338 e. The Balaban J connectivity index is 2.24. The van der Waals surface area contributed by atoms with Gasteiger partial charge in [-0.05, 0) is 29.9 Å². The first-order valence-corrected chi connectivity index (χ1v) is 7.18. The predicted octanol–water partition coefficient (Wildman–Crippen LogP) is 2.51. The van der Waals surface area contributed by atoms with E-state index in [1.54, 1.807) is 23.1 Å². The normalized spacial score (nSPS) is 18.4. The number of hydrogen-bond donors (Lipinski definition) is 2. The SMILES string of the molecule is CC1(C)CCC(=O)N(Cc2cccc(N)c2C(=O)O)CC1. The van der Waals surface area contributed by atoms with Crippen LogP contribution in [0, 0.1) is 5.41 Å². The van der Waals surface area contributed by atoms with Crippen molar-refractivity contribution in [3.05, 3.63) is 29.3 Å². The number of carboxylic acids is 1. The lowest BCUT2D eigenvalue weighted by molar-refractivity contribution is -0.131. The molecule has 0 aromatic heterocycles. The Morgan fingerprint density at radius 2 is 2.10 bits per heavy atom. The van der Waals surface area contributed by atoms with E-state index in [1.807, 2.05) is 0 Å². The fourth-order valence-corrected chi connectivity index (χ4v) is 2.68. The van der Waals surface area contributed by atoms with Crippen LogP contribution in [-0.2, 0) is 11.3 Å². The number of rotatable bonds is 3. The average molecular weight is 290 g/mol. The molecule has 1 aromatic carbocycles. The van der Waals surface area contributed by atoms with Crippen molar-refractivity contribution < 1.29 is 14.7 Å². The lowest BCUT2D eigenvalue weighted by Crippen LogP contribution is -2.30. The summed E-state index contributed by atoms with van der Waals surface area (Å²) in [6.07, 6.45) is 2.30. The third kappa shape index (κ3) is 3.54. The van der Waals surface area contributed by atoms with Gasteiger partial charge < -0.3 is 15.7 Å². The average Bonchev–Trinajstić information content (AvgIpc) is 2.51. The molecule has 0 spiro atoms. The minimum Gasteiger partial charge on any atom is -0.478 e. The second-order valence-corrected chi connectivity index (χ2v) is 6.42. The monoisotopic (exact) mass is 290 g/mol. The first-order chi connectivity index (χ1) is 9.80. The van der Waals surface area contributed by atoms with Crippen LogP contribution in [0.4, 0.5) is 5.69 Å². The molecule has 1 aromatic rings. The Morgan fingerprint density at radius 3 is 2.76 bits per heavy atom. The number of anilines is 1. The van der Waals surface area contributed by atoms with E-state index < -0.39 is 5.97 Å². The quantitative estimate of drug-likeness (QED) is 0.838. The molecular formula is C16H22N2O3. The van der Waals surface area contributed by atoms with Gasteiger partial charge in [0.05, 0.1) is 5.56 Å². The van der Waals surface area contributed by atoms with E-state index in [9.17, 15) is 14.7 Å². The molecule has 1 fully saturated rings. The topological polar surface area (TPSA) is 83.6 Å². The molecule has 21 heavy (non-hydrogen) atoms. The maximum Gasteiger partial charge on any atom is 0.338 e. The highest BCUT2D eigenvalue weighted by Crippen LogP contribution is 2.31. The molecule has 114 valence electrons. The third-order valence-electron chi connectivity index (χ3n) is 4.18. The summed E-state index contributed by atoms with van der Waals surface area (Å²) in [5.41, 5.74) is 6.84. The van der Waals surface area contributed by atoms with E-state index in [0.717, 1.165) is 12.8 Å². The summed E-state index contributed by atoms with van der Waals surface area (Å²) < 4.78 is 0. The molecule has 1 aliphatic heterocycles. The molecule has 1 aliphatic rings. The molecule has 2 rings (SSSR count). The zero-order valence-corrected chi connectivity index (χ0v) is 12.6. The van der Waals surface area contributed by atoms with Crippen LogP contribution >= 0.6 is 0 Å². The Hall–Kier alpha value is -2.04. The third-order valence-corrected chi connectivity index (χ3v) is 4.18. The molecule has 0 aliphatic carbocycles. The first-order valence-electron chi connectivity index (χ1n) is 7.18. The summed E-state index contributed by atoms with van der Waals surface area (Å²) >= 11 is 0. The van der Waals surface area contributed by atoms with Crippen LogP contribution in [0.2, 0.25) is 0 Å². The number of carbonyl (C=O) groups is 2. The highest BCUT2D eigenvalue weighted by molar-refractivity contribution is 5.95. The fourth-order valence-electron chi connectivity index (χ4n) is 2.68. The summed E-state index contributed by atoms with van der Waals surface area (Å²) in [4.78, 5) is 25.3. The van der Waals surface area contributed by atoms with Crippen LogP contribution < -0.4 is 5.73 Å². The van der Waals surface area contributed by atoms with Crippen LogP contribution in [0.1, 0.15) is 49.0 Å². The summed E-state index contributed by atoms with van der Waals surface area (Å²) in [5, 5.41) is 9.30. The van der Waals surface area contributed by atoms with Crippen molar-refractivity contribution in [2.75, 3.05) is 12.3 Å². The van der Waals surface area contributed by atoms with Crippen molar-refractivity contribution in [2.24, 2.45) is 5.41 Å².